The first-order valence-corrected chi connectivity index (χ1v) is 12.1. The van der Waals surface area contributed by atoms with Gasteiger partial charge in [-0.05, 0) is 47.9 Å². The number of aromatic nitrogens is 5. The molecule has 0 aliphatic heterocycles. The number of aliphatic hydroxyl groups excluding tert-OH is 1. The van der Waals surface area contributed by atoms with Gasteiger partial charge in [-0.1, -0.05) is 13.0 Å². The molecule has 2 aromatic carbocycles. The average Bonchev–Trinajstić information content (AvgIpc) is 3.31. The number of H-pyrrole nitrogens is 1. The van der Waals surface area contributed by atoms with Gasteiger partial charge in [0.05, 0.1) is 12.2 Å². The number of anilines is 1. The third kappa shape index (κ3) is 6.45. The predicted molar refractivity (Wildman–Crippen MR) is 142 cm³/mol. The van der Waals surface area contributed by atoms with Crippen molar-refractivity contribution in [2.45, 2.75) is 26.3 Å². The first kappa shape index (κ1) is 27.0. The summed E-state index contributed by atoms with van der Waals surface area (Å²) in [4.78, 5) is 35.5. The van der Waals surface area contributed by atoms with E-state index in [-0.39, 0.29) is 42.1 Å². The molecule has 4 aromatic rings. The zero-order chi connectivity index (χ0) is 27.9. The summed E-state index contributed by atoms with van der Waals surface area (Å²) >= 11 is 0. The van der Waals surface area contributed by atoms with Gasteiger partial charge in [0.2, 0.25) is 0 Å². The average molecular weight is 533 g/mol. The molecule has 2 heterocycles. The molecule has 0 spiro atoms. The van der Waals surface area contributed by atoms with Gasteiger partial charge >= 0.3 is 11.7 Å². The van der Waals surface area contributed by atoms with Crippen molar-refractivity contribution in [3.05, 3.63) is 87.9 Å². The maximum Gasteiger partial charge on any atom is 0.350 e. The monoisotopic (exact) mass is 532 g/mol. The summed E-state index contributed by atoms with van der Waals surface area (Å²) in [5.74, 6) is 0.148. The van der Waals surface area contributed by atoms with Crippen LogP contribution < -0.4 is 26.2 Å². The predicted octanol–water partition coefficient (Wildman–Crippen LogP) is 1.69. The normalized spacial score (nSPS) is 11.6. The standard InChI is InChI=1S/C26H28N8O5/c1-3-16-11-17(13-19(12-16)38-10-9-35)22(24-32-26(37)34(33-24)25-29-7-4-8-30-25)31-18-5-6-20(23(27)28)21(14-18)39-15(2)36/h4-8,11-14,22,31,35H,3,9-10H2,1-2H3,(H3,27,28)(H,32,33,37)/t22-/m0/s1. The molecular formula is C26H28N8O5. The lowest BCUT2D eigenvalue weighted by Gasteiger charge is -2.21. The van der Waals surface area contributed by atoms with E-state index in [1.54, 1.807) is 24.3 Å². The highest BCUT2D eigenvalue weighted by Gasteiger charge is 2.23. The minimum Gasteiger partial charge on any atom is -0.491 e. The van der Waals surface area contributed by atoms with Crippen LogP contribution in [0.3, 0.4) is 0 Å². The number of carbonyl (C=O) groups is 1. The van der Waals surface area contributed by atoms with Crippen molar-refractivity contribution >= 4 is 17.5 Å². The minimum atomic E-state index is -0.723. The van der Waals surface area contributed by atoms with E-state index in [1.807, 2.05) is 19.1 Å². The third-order valence-electron chi connectivity index (χ3n) is 5.58. The molecule has 0 saturated heterocycles. The molecule has 0 aliphatic rings. The van der Waals surface area contributed by atoms with Crippen molar-refractivity contribution in [1.29, 1.82) is 5.41 Å². The van der Waals surface area contributed by atoms with Crippen LogP contribution in [0.1, 0.15) is 42.4 Å². The number of nitrogens with one attached hydrogen (secondary N) is 3. The van der Waals surface area contributed by atoms with Gasteiger partial charge < -0.3 is 25.6 Å². The van der Waals surface area contributed by atoms with E-state index >= 15 is 0 Å². The minimum absolute atomic E-state index is 0.0981. The Morgan fingerprint density at radius 3 is 2.67 bits per heavy atom. The summed E-state index contributed by atoms with van der Waals surface area (Å²) in [7, 11) is 0. The van der Waals surface area contributed by atoms with Gasteiger partial charge in [-0.15, -0.1) is 9.78 Å². The van der Waals surface area contributed by atoms with E-state index in [9.17, 15) is 14.7 Å². The van der Waals surface area contributed by atoms with Crippen molar-refractivity contribution in [2.24, 2.45) is 5.73 Å². The van der Waals surface area contributed by atoms with Crippen LogP contribution in [0, 0.1) is 5.41 Å². The van der Waals surface area contributed by atoms with Crippen LogP contribution in [-0.2, 0) is 11.2 Å². The van der Waals surface area contributed by atoms with Gasteiger partial charge in [0.25, 0.3) is 5.95 Å². The quantitative estimate of drug-likeness (QED) is 0.0821. The van der Waals surface area contributed by atoms with Crippen molar-refractivity contribution in [2.75, 3.05) is 18.5 Å². The molecule has 6 N–H and O–H groups in total. The van der Waals surface area contributed by atoms with Crippen LogP contribution >= 0.6 is 0 Å². The number of hydrogen-bond donors (Lipinski definition) is 5. The number of esters is 1. The molecule has 13 nitrogen and oxygen atoms in total. The topological polar surface area (TPSA) is 194 Å². The molecule has 0 radical (unpaired) electrons. The molecular weight excluding hydrogens is 504 g/mol. The van der Waals surface area contributed by atoms with E-state index in [4.69, 9.17) is 20.6 Å². The highest BCUT2D eigenvalue weighted by atomic mass is 16.5. The Morgan fingerprint density at radius 1 is 1.23 bits per heavy atom. The molecule has 0 bridgehead atoms. The number of benzene rings is 2. The number of nitrogens with two attached hydrogens (primary N) is 1. The highest BCUT2D eigenvalue weighted by Crippen LogP contribution is 2.31. The number of nitrogens with zero attached hydrogens (tertiary/aromatic N) is 4. The molecule has 202 valence electrons. The Kier molecular flexibility index (Phi) is 8.31. The van der Waals surface area contributed by atoms with Gasteiger partial charge in [0.15, 0.2) is 5.82 Å². The fourth-order valence-corrected chi connectivity index (χ4v) is 3.86. The second kappa shape index (κ2) is 12.0. The summed E-state index contributed by atoms with van der Waals surface area (Å²) in [6.07, 6.45) is 3.70. The fraction of sp³-hybridized carbons (Fsp3) is 0.231. The zero-order valence-electron chi connectivity index (χ0n) is 21.3. The van der Waals surface area contributed by atoms with E-state index in [0.29, 0.717) is 23.4 Å². The SMILES string of the molecule is CCc1cc(OCCO)cc([C@H](Nc2ccc(C(=N)N)c(OC(C)=O)c2)c2nn(-c3ncccn3)c(=O)[nH]2)c1. The van der Waals surface area contributed by atoms with Gasteiger partial charge in [-0.3, -0.25) is 15.2 Å². The third-order valence-corrected chi connectivity index (χ3v) is 5.58. The molecule has 13 heteroatoms. The van der Waals surface area contributed by atoms with Gasteiger partial charge in [-0.25, -0.2) is 14.8 Å². The van der Waals surface area contributed by atoms with Gasteiger partial charge in [0, 0.05) is 31.1 Å². The number of amidine groups is 1. The van der Waals surface area contributed by atoms with Crippen molar-refractivity contribution < 1.29 is 19.4 Å². The second-order valence-corrected chi connectivity index (χ2v) is 8.41. The lowest BCUT2D eigenvalue weighted by atomic mass is 10.0. The highest BCUT2D eigenvalue weighted by molar-refractivity contribution is 5.98. The van der Waals surface area contributed by atoms with Crippen molar-refractivity contribution in [1.82, 2.24) is 24.7 Å². The molecule has 0 unspecified atom stereocenters. The van der Waals surface area contributed by atoms with E-state index in [1.165, 1.54) is 25.4 Å². The maximum absolute atomic E-state index is 12.8. The number of nitrogen functional groups attached to an aromatic ring is 1. The number of aromatic amines is 1. The first-order valence-electron chi connectivity index (χ1n) is 12.1. The zero-order valence-corrected chi connectivity index (χ0v) is 21.3. The molecule has 0 amide bonds. The van der Waals surface area contributed by atoms with Crippen molar-refractivity contribution in [3.8, 4) is 17.4 Å². The molecule has 39 heavy (non-hydrogen) atoms. The first-order chi connectivity index (χ1) is 18.8. The number of aliphatic hydroxyl groups is 1. The molecule has 0 saturated carbocycles. The summed E-state index contributed by atoms with van der Waals surface area (Å²) in [5.41, 5.74) is 7.51. The lowest BCUT2D eigenvalue weighted by Crippen LogP contribution is -2.18. The van der Waals surface area contributed by atoms with E-state index < -0.39 is 17.7 Å². The Labute approximate surface area is 223 Å². The number of rotatable bonds is 11. The molecule has 0 aliphatic carbocycles. The number of carbonyl (C=O) groups excluding carboxylic acids is 1. The van der Waals surface area contributed by atoms with Crippen LogP contribution in [0.25, 0.3) is 5.95 Å². The number of hydrogen-bond acceptors (Lipinski definition) is 10. The maximum atomic E-state index is 12.8. The van der Waals surface area contributed by atoms with E-state index in [0.717, 1.165) is 10.2 Å². The second-order valence-electron chi connectivity index (χ2n) is 8.41. The fourth-order valence-electron chi connectivity index (χ4n) is 3.86. The molecule has 1 atom stereocenters. The van der Waals surface area contributed by atoms with Crippen LogP contribution in [0.15, 0.2) is 59.7 Å². The van der Waals surface area contributed by atoms with Crippen LogP contribution in [0.4, 0.5) is 5.69 Å². The summed E-state index contributed by atoms with van der Waals surface area (Å²) in [6, 6.07) is 11.2. The summed E-state index contributed by atoms with van der Waals surface area (Å²) < 4.78 is 12.0. The Hall–Kier alpha value is -5.04. The van der Waals surface area contributed by atoms with Crippen LogP contribution in [0.5, 0.6) is 11.5 Å². The van der Waals surface area contributed by atoms with Crippen molar-refractivity contribution in [3.63, 3.8) is 0 Å². The van der Waals surface area contributed by atoms with Gasteiger partial charge in [-0.2, -0.15) is 0 Å². The van der Waals surface area contributed by atoms with Crippen LogP contribution in [0.2, 0.25) is 0 Å². The number of aryl methyl sites for hydroxylation is 1. The lowest BCUT2D eigenvalue weighted by molar-refractivity contribution is -0.131. The summed E-state index contributed by atoms with van der Waals surface area (Å²) in [6.45, 7) is 3.20. The number of ether oxygens (including phenoxy) is 2. The van der Waals surface area contributed by atoms with E-state index in [2.05, 4.69) is 25.4 Å². The molecule has 0 fully saturated rings. The molecule has 2 aromatic heterocycles. The summed E-state index contributed by atoms with van der Waals surface area (Å²) in [5, 5.41) is 24.8. The Bertz CT molecular complexity index is 1530. The van der Waals surface area contributed by atoms with Crippen LogP contribution in [-0.4, -0.2) is 54.9 Å². The molecule has 4 rings (SSSR count). The smallest absolute Gasteiger partial charge is 0.350 e. The largest absolute Gasteiger partial charge is 0.491 e. The Morgan fingerprint density at radius 2 is 2.00 bits per heavy atom. The Balaban J connectivity index is 1.83. The van der Waals surface area contributed by atoms with Gasteiger partial charge in [0.1, 0.15) is 30.0 Å².